The van der Waals surface area contributed by atoms with Gasteiger partial charge in [0, 0.05) is 5.56 Å². The van der Waals surface area contributed by atoms with E-state index in [2.05, 4.69) is 5.32 Å². The molecule has 0 spiro atoms. The molecule has 3 nitrogen and oxygen atoms in total. The van der Waals surface area contributed by atoms with Gasteiger partial charge in [-0.15, -0.1) is 11.3 Å². The van der Waals surface area contributed by atoms with E-state index < -0.39 is 17.1 Å². The van der Waals surface area contributed by atoms with Gasteiger partial charge in [0.25, 0.3) is 0 Å². The van der Waals surface area contributed by atoms with Gasteiger partial charge in [-0.3, -0.25) is 9.59 Å². The molecule has 4 rings (SSSR count). The summed E-state index contributed by atoms with van der Waals surface area (Å²) in [5, 5.41) is 3.22. The number of hydrogen-bond donors (Lipinski definition) is 1. The molecule has 136 valence electrons. The Morgan fingerprint density at radius 1 is 1.07 bits per heavy atom. The van der Waals surface area contributed by atoms with E-state index in [-0.39, 0.29) is 5.78 Å². The van der Waals surface area contributed by atoms with Crippen molar-refractivity contribution >= 4 is 39.6 Å². The molecule has 0 saturated carbocycles. The monoisotopic (exact) mass is 399 g/mol. The highest BCUT2D eigenvalue weighted by Crippen LogP contribution is 2.49. The summed E-state index contributed by atoms with van der Waals surface area (Å²) in [6.45, 7) is 3.49. The van der Waals surface area contributed by atoms with Crippen LogP contribution in [0, 0.1) is 12.7 Å². The van der Waals surface area contributed by atoms with E-state index in [9.17, 15) is 14.0 Å². The van der Waals surface area contributed by atoms with Crippen LogP contribution < -0.4 is 5.32 Å². The van der Waals surface area contributed by atoms with Crippen molar-refractivity contribution < 1.29 is 14.0 Å². The van der Waals surface area contributed by atoms with Crippen LogP contribution in [0.2, 0.25) is 4.34 Å². The molecule has 6 heteroatoms. The van der Waals surface area contributed by atoms with Crippen LogP contribution in [-0.4, -0.2) is 11.7 Å². The lowest BCUT2D eigenvalue weighted by Crippen LogP contribution is -2.48. The van der Waals surface area contributed by atoms with E-state index in [0.717, 1.165) is 22.5 Å². The zero-order valence-corrected chi connectivity index (χ0v) is 16.2. The van der Waals surface area contributed by atoms with Gasteiger partial charge in [0.1, 0.15) is 20.6 Å². The van der Waals surface area contributed by atoms with Crippen LogP contribution in [0.25, 0.3) is 11.1 Å². The maximum absolute atomic E-state index is 13.8. The number of benzene rings is 2. The number of halogens is 2. The summed E-state index contributed by atoms with van der Waals surface area (Å²) in [6.07, 6.45) is 0. The average Bonchev–Trinajstić information content (AvgIpc) is 2.96. The van der Waals surface area contributed by atoms with Gasteiger partial charge in [0.15, 0.2) is 5.78 Å². The lowest BCUT2D eigenvalue weighted by atomic mass is 9.73. The SMILES string of the molecule is Cc1ccc(-c2c(Cl)sc3c2C(=O)C(C)(c2cccc(F)c2)C(=O)N3)cc1. The maximum atomic E-state index is 13.8. The maximum Gasteiger partial charge on any atom is 0.243 e. The molecule has 0 aliphatic carbocycles. The normalized spacial score (nSPS) is 19.0. The van der Waals surface area contributed by atoms with Gasteiger partial charge in [-0.1, -0.05) is 53.6 Å². The topological polar surface area (TPSA) is 46.2 Å². The highest BCUT2D eigenvalue weighted by atomic mass is 35.5. The standard InChI is InChI=1S/C21H15ClFNO2S/c1-11-6-8-12(9-7-11)15-16-17(25)21(2,13-4-3-5-14(23)10-13)20(26)24-19(16)27-18(15)22/h3-10H,1-2H3,(H,24,26). The molecular formula is C21H15ClFNO2S. The highest BCUT2D eigenvalue weighted by Gasteiger charge is 2.49. The van der Waals surface area contributed by atoms with Crippen LogP contribution in [-0.2, 0) is 10.2 Å². The Balaban J connectivity index is 1.93. The second-order valence-electron chi connectivity index (χ2n) is 6.74. The number of anilines is 1. The Morgan fingerprint density at radius 2 is 1.78 bits per heavy atom. The molecule has 1 aliphatic heterocycles. The van der Waals surface area contributed by atoms with Gasteiger partial charge in [-0.05, 0) is 37.1 Å². The zero-order chi connectivity index (χ0) is 19.3. The first-order chi connectivity index (χ1) is 12.8. The van der Waals surface area contributed by atoms with Crippen molar-refractivity contribution in [2.75, 3.05) is 5.32 Å². The molecule has 1 aromatic heterocycles. The number of ketones is 1. The Kier molecular flexibility index (Phi) is 4.17. The molecule has 2 aromatic carbocycles. The molecule has 27 heavy (non-hydrogen) atoms. The summed E-state index contributed by atoms with van der Waals surface area (Å²) < 4.78 is 14.2. The molecule has 1 N–H and O–H groups in total. The number of thiophene rings is 1. The van der Waals surface area contributed by atoms with E-state index in [0.29, 0.717) is 26.0 Å². The molecule has 3 aromatic rings. The fourth-order valence-electron chi connectivity index (χ4n) is 3.33. The Bertz CT molecular complexity index is 1090. The largest absolute Gasteiger partial charge is 0.316 e. The van der Waals surface area contributed by atoms with Gasteiger partial charge >= 0.3 is 0 Å². The Morgan fingerprint density at radius 3 is 2.44 bits per heavy atom. The lowest BCUT2D eigenvalue weighted by Gasteiger charge is -2.31. The van der Waals surface area contributed by atoms with Crippen LogP contribution in [0.5, 0.6) is 0 Å². The highest BCUT2D eigenvalue weighted by molar-refractivity contribution is 7.21. The minimum absolute atomic E-state index is 0.313. The number of hydrogen-bond acceptors (Lipinski definition) is 3. The van der Waals surface area contributed by atoms with E-state index in [1.54, 1.807) is 6.07 Å². The minimum atomic E-state index is -1.53. The van der Waals surface area contributed by atoms with Gasteiger partial charge in [-0.2, -0.15) is 0 Å². The second kappa shape index (κ2) is 6.29. The Labute approximate surface area is 164 Å². The summed E-state index contributed by atoms with van der Waals surface area (Å²) in [7, 11) is 0. The van der Waals surface area contributed by atoms with E-state index in [4.69, 9.17) is 11.6 Å². The number of fused-ring (bicyclic) bond motifs is 1. The van der Waals surface area contributed by atoms with Crippen molar-refractivity contribution in [1.29, 1.82) is 0 Å². The number of Topliss-reactive ketones (excluding diaryl/α,β-unsaturated/α-hetero) is 1. The van der Waals surface area contributed by atoms with Crippen LogP contribution >= 0.6 is 22.9 Å². The van der Waals surface area contributed by atoms with Gasteiger partial charge in [0.2, 0.25) is 5.91 Å². The smallest absolute Gasteiger partial charge is 0.243 e. The summed E-state index contributed by atoms with van der Waals surface area (Å²) in [4.78, 5) is 26.3. The van der Waals surface area contributed by atoms with Gasteiger partial charge < -0.3 is 5.32 Å². The van der Waals surface area contributed by atoms with Crippen LogP contribution in [0.1, 0.15) is 28.4 Å². The van der Waals surface area contributed by atoms with Gasteiger partial charge in [0.05, 0.1) is 5.56 Å². The Hall–Kier alpha value is -2.50. The molecule has 0 radical (unpaired) electrons. The molecule has 0 fully saturated rings. The first-order valence-electron chi connectivity index (χ1n) is 8.34. The van der Waals surface area contributed by atoms with Crippen LogP contribution in [0.3, 0.4) is 0 Å². The van der Waals surface area contributed by atoms with Crippen molar-refractivity contribution in [1.82, 2.24) is 0 Å². The predicted molar refractivity (Wildman–Crippen MR) is 106 cm³/mol. The number of rotatable bonds is 2. The third-order valence-electron chi connectivity index (χ3n) is 4.97. The predicted octanol–water partition coefficient (Wildman–Crippen LogP) is 5.61. The summed E-state index contributed by atoms with van der Waals surface area (Å²) in [6, 6.07) is 13.3. The summed E-state index contributed by atoms with van der Waals surface area (Å²) in [5.41, 5.74) is 1.65. The third-order valence-corrected chi connectivity index (χ3v) is 6.28. The first kappa shape index (κ1) is 17.9. The third kappa shape index (κ3) is 2.69. The summed E-state index contributed by atoms with van der Waals surface area (Å²) in [5.74, 6) is -1.37. The van der Waals surface area contributed by atoms with E-state index in [1.165, 1.54) is 25.1 Å². The first-order valence-corrected chi connectivity index (χ1v) is 9.53. The lowest BCUT2D eigenvalue weighted by molar-refractivity contribution is -0.119. The van der Waals surface area contributed by atoms with Gasteiger partial charge in [-0.25, -0.2) is 4.39 Å². The van der Waals surface area contributed by atoms with Crippen molar-refractivity contribution in [3.8, 4) is 11.1 Å². The number of aryl methyl sites for hydroxylation is 1. The molecule has 1 unspecified atom stereocenters. The molecule has 2 heterocycles. The fraction of sp³-hybridized carbons (Fsp3) is 0.143. The quantitative estimate of drug-likeness (QED) is 0.569. The van der Waals surface area contributed by atoms with Crippen molar-refractivity contribution in [3.63, 3.8) is 0 Å². The fourth-order valence-corrected chi connectivity index (χ4v) is 4.71. The average molecular weight is 400 g/mol. The number of nitrogens with one attached hydrogen (secondary N) is 1. The van der Waals surface area contributed by atoms with Crippen LogP contribution in [0.15, 0.2) is 48.5 Å². The molecular weight excluding hydrogens is 385 g/mol. The van der Waals surface area contributed by atoms with Crippen molar-refractivity contribution in [2.45, 2.75) is 19.3 Å². The van der Waals surface area contributed by atoms with Crippen molar-refractivity contribution in [3.05, 3.63) is 75.4 Å². The molecule has 0 saturated heterocycles. The number of carbonyl (C=O) groups is 2. The molecule has 1 amide bonds. The summed E-state index contributed by atoms with van der Waals surface area (Å²) >= 11 is 7.60. The second-order valence-corrected chi connectivity index (χ2v) is 8.36. The molecule has 0 bridgehead atoms. The van der Waals surface area contributed by atoms with E-state index in [1.807, 2.05) is 31.2 Å². The number of carbonyl (C=O) groups excluding carboxylic acids is 2. The minimum Gasteiger partial charge on any atom is -0.316 e. The molecule has 1 atom stereocenters. The van der Waals surface area contributed by atoms with Crippen LogP contribution in [0.4, 0.5) is 9.39 Å². The zero-order valence-electron chi connectivity index (χ0n) is 14.6. The molecule has 1 aliphatic rings. The number of amides is 1. The van der Waals surface area contributed by atoms with Crippen molar-refractivity contribution in [2.24, 2.45) is 0 Å². The van der Waals surface area contributed by atoms with E-state index >= 15 is 0 Å².